The van der Waals surface area contributed by atoms with Gasteiger partial charge >= 0.3 is 0 Å². The number of furan rings is 1. The maximum absolute atomic E-state index is 12.4. The van der Waals surface area contributed by atoms with Gasteiger partial charge in [-0.3, -0.25) is 4.79 Å². The predicted molar refractivity (Wildman–Crippen MR) is 82.4 cm³/mol. The number of carbonyl (C=O) groups is 1. The second kappa shape index (κ2) is 5.89. The summed E-state index contributed by atoms with van der Waals surface area (Å²) in [6.45, 7) is 1.81. The van der Waals surface area contributed by atoms with Gasteiger partial charge < -0.3 is 14.3 Å². The smallest absolute Gasteiger partial charge is 0.287 e. The average Bonchev–Trinajstić information content (AvgIpc) is 3.14. The summed E-state index contributed by atoms with van der Waals surface area (Å²) >= 11 is 0. The van der Waals surface area contributed by atoms with E-state index >= 15 is 0 Å². The first-order valence-electron chi connectivity index (χ1n) is 7.04. The van der Waals surface area contributed by atoms with E-state index in [0.29, 0.717) is 11.5 Å². The van der Waals surface area contributed by atoms with Crippen molar-refractivity contribution in [3.8, 4) is 0 Å². The van der Waals surface area contributed by atoms with Gasteiger partial charge in [0.1, 0.15) is 17.6 Å². The first kappa shape index (κ1) is 14.1. The van der Waals surface area contributed by atoms with Crippen LogP contribution >= 0.6 is 0 Å². The molecule has 0 aliphatic rings. The number of carbonyl (C=O) groups excluding carboxylic acids is 1. The monoisotopic (exact) mass is 295 g/mol. The topological polar surface area (TPSA) is 60.1 Å². The number of hydrogen-bond donors (Lipinski definition) is 1. The first-order valence-corrected chi connectivity index (χ1v) is 7.04. The van der Waals surface area contributed by atoms with E-state index in [4.69, 9.17) is 4.42 Å². The zero-order valence-electron chi connectivity index (χ0n) is 12.5. The molecule has 3 rings (SSSR count). The summed E-state index contributed by atoms with van der Waals surface area (Å²) in [6, 6.07) is 12.9. The molecule has 1 atom stereocenters. The van der Waals surface area contributed by atoms with Crippen LogP contribution in [0.4, 0.5) is 0 Å². The van der Waals surface area contributed by atoms with Crippen LogP contribution in [0.15, 0.2) is 59.3 Å². The molecule has 0 aliphatic carbocycles. The normalized spacial score (nSPS) is 12.1. The fourth-order valence-electron chi connectivity index (χ4n) is 2.36. The van der Waals surface area contributed by atoms with E-state index in [9.17, 15) is 4.79 Å². The third kappa shape index (κ3) is 2.79. The number of hydrogen-bond acceptors (Lipinski definition) is 3. The number of nitrogens with zero attached hydrogens (tertiary/aromatic N) is 2. The fourth-order valence-corrected chi connectivity index (χ4v) is 2.36. The lowest BCUT2D eigenvalue weighted by atomic mass is 10.1. The molecule has 0 saturated carbocycles. The van der Waals surface area contributed by atoms with Crippen molar-refractivity contribution in [2.45, 2.75) is 13.0 Å². The van der Waals surface area contributed by atoms with Gasteiger partial charge in [-0.05, 0) is 24.6 Å². The van der Waals surface area contributed by atoms with Crippen molar-refractivity contribution in [2.24, 2.45) is 7.05 Å². The highest BCUT2D eigenvalue weighted by Crippen LogP contribution is 2.21. The molecule has 0 aliphatic heterocycles. The molecule has 0 bridgehead atoms. The van der Waals surface area contributed by atoms with E-state index in [1.165, 1.54) is 0 Å². The van der Waals surface area contributed by atoms with E-state index in [1.54, 1.807) is 18.3 Å². The van der Waals surface area contributed by atoms with Gasteiger partial charge in [-0.1, -0.05) is 30.3 Å². The molecule has 1 amide bonds. The highest BCUT2D eigenvalue weighted by molar-refractivity contribution is 5.92. The van der Waals surface area contributed by atoms with Crippen LogP contribution in [0.25, 0.3) is 0 Å². The molecule has 0 saturated heterocycles. The Labute approximate surface area is 128 Å². The van der Waals surface area contributed by atoms with Gasteiger partial charge in [0.15, 0.2) is 5.76 Å². The zero-order valence-corrected chi connectivity index (χ0v) is 12.5. The van der Waals surface area contributed by atoms with E-state index in [-0.39, 0.29) is 11.9 Å². The molecule has 0 fully saturated rings. The van der Waals surface area contributed by atoms with Crippen molar-refractivity contribution >= 4 is 5.91 Å². The second-order valence-electron chi connectivity index (χ2n) is 5.12. The Morgan fingerprint density at radius 3 is 2.59 bits per heavy atom. The molecule has 5 nitrogen and oxygen atoms in total. The summed E-state index contributed by atoms with van der Waals surface area (Å²) in [5.74, 6) is 1.51. The first-order chi connectivity index (χ1) is 10.6. The van der Waals surface area contributed by atoms with Crippen molar-refractivity contribution in [3.05, 3.63) is 77.8 Å². The number of aromatic nitrogens is 2. The zero-order chi connectivity index (χ0) is 15.5. The molecule has 2 aromatic heterocycles. The molecule has 2 heterocycles. The summed E-state index contributed by atoms with van der Waals surface area (Å²) in [5, 5.41) is 2.99. The van der Waals surface area contributed by atoms with Crippen LogP contribution in [-0.2, 0) is 7.05 Å². The standard InChI is InChI=1S/C17H17N3O2/c1-12-8-9-14(22-12)17(21)19-15(13-6-4-3-5-7-13)16-18-10-11-20(16)2/h3-11,15H,1-2H3,(H,19,21)/t15-/m1/s1. The third-order valence-corrected chi connectivity index (χ3v) is 3.49. The number of benzene rings is 1. The van der Waals surface area contributed by atoms with Crippen molar-refractivity contribution < 1.29 is 9.21 Å². The van der Waals surface area contributed by atoms with E-state index in [2.05, 4.69) is 10.3 Å². The Morgan fingerprint density at radius 2 is 2.00 bits per heavy atom. The summed E-state index contributed by atoms with van der Waals surface area (Å²) in [4.78, 5) is 16.8. The lowest BCUT2D eigenvalue weighted by Crippen LogP contribution is -2.30. The van der Waals surface area contributed by atoms with Gasteiger partial charge in [-0.15, -0.1) is 0 Å². The van der Waals surface area contributed by atoms with Gasteiger partial charge in [0.2, 0.25) is 0 Å². The van der Waals surface area contributed by atoms with Crippen molar-refractivity contribution in [1.82, 2.24) is 14.9 Å². The van der Waals surface area contributed by atoms with E-state index in [0.717, 1.165) is 11.4 Å². The quantitative estimate of drug-likeness (QED) is 0.805. The summed E-state index contributed by atoms with van der Waals surface area (Å²) in [6.07, 6.45) is 3.57. The summed E-state index contributed by atoms with van der Waals surface area (Å²) < 4.78 is 7.28. The van der Waals surface area contributed by atoms with Gasteiger partial charge in [-0.2, -0.15) is 0 Å². The fraction of sp³-hybridized carbons (Fsp3) is 0.176. The van der Waals surface area contributed by atoms with Crippen LogP contribution in [0.5, 0.6) is 0 Å². The van der Waals surface area contributed by atoms with Crippen LogP contribution in [-0.4, -0.2) is 15.5 Å². The van der Waals surface area contributed by atoms with Crippen LogP contribution in [0.2, 0.25) is 0 Å². The summed E-state index contributed by atoms with van der Waals surface area (Å²) in [5.41, 5.74) is 0.966. The Balaban J connectivity index is 1.93. The van der Waals surface area contributed by atoms with E-state index < -0.39 is 0 Å². The largest absolute Gasteiger partial charge is 0.456 e. The van der Waals surface area contributed by atoms with Crippen LogP contribution < -0.4 is 5.32 Å². The average molecular weight is 295 g/mol. The van der Waals surface area contributed by atoms with Gasteiger partial charge in [0.25, 0.3) is 5.91 Å². The minimum Gasteiger partial charge on any atom is -0.456 e. The molecular weight excluding hydrogens is 278 g/mol. The van der Waals surface area contributed by atoms with Crippen LogP contribution in [0.3, 0.4) is 0 Å². The maximum Gasteiger partial charge on any atom is 0.287 e. The van der Waals surface area contributed by atoms with Crippen molar-refractivity contribution in [2.75, 3.05) is 0 Å². The molecule has 3 aromatic rings. The lowest BCUT2D eigenvalue weighted by Gasteiger charge is -2.18. The highest BCUT2D eigenvalue weighted by atomic mass is 16.3. The molecule has 0 spiro atoms. The molecule has 0 unspecified atom stereocenters. The second-order valence-corrected chi connectivity index (χ2v) is 5.12. The summed E-state index contributed by atoms with van der Waals surface area (Å²) in [7, 11) is 1.90. The number of imidazole rings is 1. The van der Waals surface area contributed by atoms with Crippen molar-refractivity contribution in [3.63, 3.8) is 0 Å². The molecule has 0 radical (unpaired) electrons. The lowest BCUT2D eigenvalue weighted by molar-refractivity contribution is 0.0912. The highest BCUT2D eigenvalue weighted by Gasteiger charge is 2.22. The Kier molecular flexibility index (Phi) is 3.78. The minimum absolute atomic E-state index is 0.259. The Morgan fingerprint density at radius 1 is 1.23 bits per heavy atom. The minimum atomic E-state index is -0.334. The molecule has 22 heavy (non-hydrogen) atoms. The van der Waals surface area contributed by atoms with E-state index in [1.807, 2.05) is 55.1 Å². The SMILES string of the molecule is Cc1ccc(C(=O)N[C@H](c2ccccc2)c2nccn2C)o1. The van der Waals surface area contributed by atoms with Crippen LogP contribution in [0.1, 0.15) is 33.7 Å². The number of nitrogens with one attached hydrogen (secondary N) is 1. The number of rotatable bonds is 4. The molecule has 112 valence electrons. The predicted octanol–water partition coefficient (Wildman–Crippen LogP) is 2.84. The van der Waals surface area contributed by atoms with Gasteiger partial charge in [0, 0.05) is 19.4 Å². The Bertz CT molecular complexity index is 774. The Hall–Kier alpha value is -2.82. The number of aryl methyl sites for hydroxylation is 2. The van der Waals surface area contributed by atoms with Gasteiger partial charge in [-0.25, -0.2) is 4.98 Å². The van der Waals surface area contributed by atoms with Gasteiger partial charge in [0.05, 0.1) is 0 Å². The van der Waals surface area contributed by atoms with Crippen molar-refractivity contribution in [1.29, 1.82) is 0 Å². The number of amides is 1. The molecular formula is C17H17N3O2. The maximum atomic E-state index is 12.4. The molecule has 5 heteroatoms. The molecule has 1 aromatic carbocycles. The third-order valence-electron chi connectivity index (χ3n) is 3.49. The van der Waals surface area contributed by atoms with Crippen LogP contribution in [0, 0.1) is 6.92 Å². The molecule has 1 N–H and O–H groups in total.